The molecule has 0 bridgehead atoms. The topological polar surface area (TPSA) is 78.8 Å². The number of nitrogens with zero attached hydrogens (tertiary/aromatic N) is 2. The van der Waals surface area contributed by atoms with Gasteiger partial charge in [-0.15, -0.1) is 0 Å². The first-order valence-corrected chi connectivity index (χ1v) is 8.28. The summed E-state index contributed by atoms with van der Waals surface area (Å²) < 4.78 is 14.9. The number of aliphatic imine (C=N–C) groups is 1. The predicted octanol–water partition coefficient (Wildman–Crippen LogP) is 3.03. The van der Waals surface area contributed by atoms with E-state index in [1.807, 2.05) is 6.07 Å². The lowest BCUT2D eigenvalue weighted by molar-refractivity contribution is -0.131. The van der Waals surface area contributed by atoms with Crippen molar-refractivity contribution in [1.29, 1.82) is 0 Å². The summed E-state index contributed by atoms with van der Waals surface area (Å²) in [6.07, 6.45) is 1.16. The van der Waals surface area contributed by atoms with Crippen molar-refractivity contribution in [3.05, 3.63) is 57.9 Å². The third-order valence-electron chi connectivity index (χ3n) is 3.48. The summed E-state index contributed by atoms with van der Waals surface area (Å²) in [4.78, 5) is 41.3. The second-order valence-corrected chi connectivity index (χ2v) is 6.40. The van der Waals surface area contributed by atoms with Crippen molar-refractivity contribution < 1.29 is 18.8 Å². The van der Waals surface area contributed by atoms with E-state index in [4.69, 9.17) is 0 Å². The Morgan fingerprint density at radius 2 is 1.88 bits per heavy atom. The zero-order chi connectivity index (χ0) is 18.0. The minimum atomic E-state index is -1.32. The number of imide groups is 2. The van der Waals surface area contributed by atoms with Gasteiger partial charge in [0.2, 0.25) is 5.91 Å². The monoisotopic (exact) mass is 451 g/mol. The minimum Gasteiger partial charge on any atom is -0.276 e. The highest BCUT2D eigenvalue weighted by Crippen LogP contribution is 2.23. The minimum absolute atomic E-state index is 0.217. The summed E-state index contributed by atoms with van der Waals surface area (Å²) >= 11 is 2.11. The largest absolute Gasteiger partial charge is 0.335 e. The maximum Gasteiger partial charge on any atom is 0.335 e. The fourth-order valence-electron chi connectivity index (χ4n) is 2.30. The van der Waals surface area contributed by atoms with Crippen LogP contribution in [0.5, 0.6) is 0 Å². The summed E-state index contributed by atoms with van der Waals surface area (Å²) in [7, 11) is 0. The fraction of sp³-hybridized carbons (Fsp3) is 0.0588. The lowest BCUT2D eigenvalue weighted by Gasteiger charge is -2.28. The Morgan fingerprint density at radius 3 is 2.60 bits per heavy atom. The van der Waals surface area contributed by atoms with E-state index in [0.29, 0.717) is 10.6 Å². The number of halogens is 2. The van der Waals surface area contributed by atoms with Crippen LogP contribution in [0.15, 0.2) is 53.5 Å². The molecule has 1 atom stereocenters. The van der Waals surface area contributed by atoms with Gasteiger partial charge >= 0.3 is 6.03 Å². The molecule has 1 fully saturated rings. The third kappa shape index (κ3) is 3.58. The first-order chi connectivity index (χ1) is 12.0. The van der Waals surface area contributed by atoms with E-state index in [1.165, 1.54) is 18.2 Å². The van der Waals surface area contributed by atoms with Gasteiger partial charge in [-0.3, -0.25) is 19.9 Å². The second-order valence-electron chi connectivity index (χ2n) is 5.16. The van der Waals surface area contributed by atoms with Crippen LogP contribution in [0.1, 0.15) is 0 Å². The summed E-state index contributed by atoms with van der Waals surface area (Å²) in [6.45, 7) is 0. The summed E-state index contributed by atoms with van der Waals surface area (Å²) in [5, 5.41) is 2.05. The van der Waals surface area contributed by atoms with Gasteiger partial charge in [0.1, 0.15) is 5.82 Å². The van der Waals surface area contributed by atoms with Gasteiger partial charge in [0.05, 0.1) is 11.4 Å². The Hall–Kier alpha value is -2.62. The maximum absolute atomic E-state index is 13.9. The van der Waals surface area contributed by atoms with E-state index in [-0.39, 0.29) is 5.69 Å². The maximum atomic E-state index is 13.9. The fourth-order valence-corrected chi connectivity index (χ4v) is 2.83. The van der Waals surface area contributed by atoms with E-state index in [9.17, 15) is 18.8 Å². The van der Waals surface area contributed by atoms with Crippen molar-refractivity contribution >= 4 is 58.0 Å². The van der Waals surface area contributed by atoms with Crippen LogP contribution in [0.3, 0.4) is 0 Å². The number of benzene rings is 2. The van der Waals surface area contributed by atoms with E-state index in [1.54, 1.807) is 18.2 Å². The third-order valence-corrected chi connectivity index (χ3v) is 4.15. The number of carbonyl (C=O) groups is 3. The quantitative estimate of drug-likeness (QED) is 0.443. The molecule has 126 valence electrons. The molecular formula is C17H11FIN3O3. The highest BCUT2D eigenvalue weighted by atomic mass is 127. The lowest BCUT2D eigenvalue weighted by atomic mass is 10.1. The number of urea groups is 1. The Labute approximate surface area is 155 Å². The van der Waals surface area contributed by atoms with Crippen LogP contribution in [0.2, 0.25) is 0 Å². The highest BCUT2D eigenvalue weighted by Gasteiger charge is 2.41. The zero-order valence-corrected chi connectivity index (χ0v) is 14.8. The normalized spacial score (nSPS) is 17.9. The van der Waals surface area contributed by atoms with E-state index >= 15 is 0 Å². The molecule has 0 unspecified atom stereocenters. The molecule has 1 N–H and O–H groups in total. The number of barbiturate groups is 1. The van der Waals surface area contributed by atoms with Crippen LogP contribution in [-0.4, -0.2) is 24.1 Å². The van der Waals surface area contributed by atoms with Crippen molar-refractivity contribution in [3.8, 4) is 0 Å². The van der Waals surface area contributed by atoms with Gasteiger partial charge in [-0.2, -0.15) is 0 Å². The van der Waals surface area contributed by atoms with Crippen molar-refractivity contribution in [2.45, 2.75) is 0 Å². The van der Waals surface area contributed by atoms with Crippen molar-refractivity contribution in [2.75, 3.05) is 4.90 Å². The number of hydrogen-bond acceptors (Lipinski definition) is 4. The van der Waals surface area contributed by atoms with Gasteiger partial charge < -0.3 is 0 Å². The van der Waals surface area contributed by atoms with Crippen LogP contribution in [0.25, 0.3) is 0 Å². The van der Waals surface area contributed by atoms with Gasteiger partial charge in [-0.05, 0) is 52.9 Å². The van der Waals surface area contributed by atoms with Crippen LogP contribution < -0.4 is 10.2 Å². The Morgan fingerprint density at radius 1 is 1.12 bits per heavy atom. The summed E-state index contributed by atoms with van der Waals surface area (Å²) in [6, 6.07) is 11.5. The van der Waals surface area contributed by atoms with Gasteiger partial charge in [0, 0.05) is 9.78 Å². The van der Waals surface area contributed by atoms with Crippen molar-refractivity contribution in [1.82, 2.24) is 5.32 Å². The van der Waals surface area contributed by atoms with Crippen LogP contribution in [-0.2, 0) is 9.59 Å². The molecule has 2 aromatic carbocycles. The highest BCUT2D eigenvalue weighted by molar-refractivity contribution is 14.1. The van der Waals surface area contributed by atoms with Crippen LogP contribution in [0, 0.1) is 15.3 Å². The molecule has 1 aliphatic heterocycles. The summed E-state index contributed by atoms with van der Waals surface area (Å²) in [5.74, 6) is -3.71. The molecule has 2 aromatic rings. The predicted molar refractivity (Wildman–Crippen MR) is 98.2 cm³/mol. The molecule has 0 aromatic heterocycles. The number of para-hydroxylation sites is 1. The van der Waals surface area contributed by atoms with Gasteiger partial charge in [0.15, 0.2) is 5.92 Å². The lowest BCUT2D eigenvalue weighted by Crippen LogP contribution is -2.58. The van der Waals surface area contributed by atoms with Crippen molar-refractivity contribution in [2.24, 2.45) is 10.9 Å². The molecule has 8 heteroatoms. The molecule has 4 amide bonds. The molecule has 0 aliphatic carbocycles. The molecule has 1 aliphatic rings. The number of amides is 4. The molecule has 0 spiro atoms. The first kappa shape index (κ1) is 17.2. The van der Waals surface area contributed by atoms with Crippen LogP contribution in [0.4, 0.5) is 20.6 Å². The SMILES string of the molecule is O=C1NC(=O)N(c2ccccc2F)C(=O)[C@H]1C=Nc1cccc(I)c1. The molecule has 25 heavy (non-hydrogen) atoms. The Kier molecular flexibility index (Phi) is 4.88. The number of carbonyl (C=O) groups excluding carboxylic acids is 3. The van der Waals surface area contributed by atoms with E-state index in [0.717, 1.165) is 15.9 Å². The number of hydrogen-bond donors (Lipinski definition) is 1. The Balaban J connectivity index is 1.92. The number of anilines is 1. The van der Waals surface area contributed by atoms with E-state index in [2.05, 4.69) is 32.9 Å². The molecule has 3 rings (SSSR count). The van der Waals surface area contributed by atoms with E-state index < -0.39 is 29.6 Å². The zero-order valence-electron chi connectivity index (χ0n) is 12.6. The number of rotatable bonds is 3. The molecule has 0 saturated carbocycles. The molecule has 1 heterocycles. The van der Waals surface area contributed by atoms with Crippen LogP contribution >= 0.6 is 22.6 Å². The molecule has 6 nitrogen and oxygen atoms in total. The smallest absolute Gasteiger partial charge is 0.276 e. The van der Waals surface area contributed by atoms with Gasteiger partial charge in [0.25, 0.3) is 5.91 Å². The first-order valence-electron chi connectivity index (χ1n) is 7.20. The Bertz CT molecular complexity index is 900. The van der Waals surface area contributed by atoms with Gasteiger partial charge in [-0.1, -0.05) is 18.2 Å². The van der Waals surface area contributed by atoms with Gasteiger partial charge in [-0.25, -0.2) is 14.1 Å². The second kappa shape index (κ2) is 7.09. The summed E-state index contributed by atoms with van der Waals surface area (Å²) in [5.41, 5.74) is 0.340. The standard InChI is InChI=1S/C17H11FIN3O3/c18-13-6-1-2-7-14(13)22-16(24)12(15(23)21-17(22)25)9-20-11-5-3-4-10(19)8-11/h1-9,12H,(H,21,23,25)/t12-/m0/s1. The average Bonchev–Trinajstić information content (AvgIpc) is 2.56. The average molecular weight is 451 g/mol. The van der Waals surface area contributed by atoms with Crippen molar-refractivity contribution in [3.63, 3.8) is 0 Å². The molecular weight excluding hydrogens is 440 g/mol. The number of nitrogens with one attached hydrogen (secondary N) is 1. The molecule has 0 radical (unpaired) electrons. The molecule has 1 saturated heterocycles.